The van der Waals surface area contributed by atoms with Crippen molar-refractivity contribution in [3.05, 3.63) is 88.2 Å². The van der Waals surface area contributed by atoms with Gasteiger partial charge in [0, 0.05) is 63.1 Å². The normalized spacial score (nSPS) is 21.5. The Hall–Kier alpha value is -4.15. The molecule has 4 aliphatic heterocycles. The van der Waals surface area contributed by atoms with E-state index in [0.717, 1.165) is 76.5 Å². The molecule has 3 amide bonds. The standard InChI is InChI=1S/C38H47N7O3/c1-25(2)31-20-39-38(40-21-31)41-32-13-17-44(18-14-32)23-27-5-3-26(4-6-27)22-43-15-11-28(12-16-43)29-7-8-33-30(19-29)24-45(37(33)48)34-9-10-35(46)42-36(34)47/h3-8,19-21,25,28,32,34H,9-18,22-24H2,1-2H3,(H,39,40,41)(H,42,46,47). The summed E-state index contributed by atoms with van der Waals surface area (Å²) in [6.07, 6.45) is 8.88. The highest BCUT2D eigenvalue weighted by molar-refractivity contribution is 6.05. The van der Waals surface area contributed by atoms with Gasteiger partial charge in [0.1, 0.15) is 6.04 Å². The van der Waals surface area contributed by atoms with Gasteiger partial charge < -0.3 is 10.2 Å². The molecule has 3 fully saturated rings. The minimum absolute atomic E-state index is 0.108. The topological polar surface area (TPSA) is 111 Å². The van der Waals surface area contributed by atoms with Gasteiger partial charge in [0.05, 0.1) is 0 Å². The first kappa shape index (κ1) is 32.4. The molecule has 2 N–H and O–H groups in total. The molecule has 48 heavy (non-hydrogen) atoms. The second-order valence-electron chi connectivity index (χ2n) is 14.4. The molecular weight excluding hydrogens is 602 g/mol. The SMILES string of the molecule is CC(C)c1cnc(NC2CCN(Cc3ccc(CN4CCC(c5ccc6c(c5)CN(C5CCC(=O)NC5=O)C6=O)CC4)cc3)CC2)nc1. The fraction of sp³-hybridized carbons (Fsp3) is 0.500. The average Bonchev–Trinajstić information content (AvgIpc) is 3.42. The second kappa shape index (κ2) is 14.1. The summed E-state index contributed by atoms with van der Waals surface area (Å²) in [6.45, 7) is 10.9. The molecule has 10 heteroatoms. The van der Waals surface area contributed by atoms with Crippen LogP contribution < -0.4 is 10.6 Å². The maximum absolute atomic E-state index is 13.1. The first-order valence-electron chi connectivity index (χ1n) is 17.7. The second-order valence-corrected chi connectivity index (χ2v) is 14.4. The first-order chi connectivity index (χ1) is 23.3. The Bertz CT molecular complexity index is 1620. The third kappa shape index (κ3) is 7.29. The van der Waals surface area contributed by atoms with Crippen LogP contribution in [0.25, 0.3) is 0 Å². The van der Waals surface area contributed by atoms with E-state index in [1.807, 2.05) is 18.5 Å². The van der Waals surface area contributed by atoms with Crippen LogP contribution in [0.2, 0.25) is 0 Å². The zero-order valence-corrected chi connectivity index (χ0v) is 28.2. The number of fused-ring (bicyclic) bond motifs is 1. The van der Waals surface area contributed by atoms with Crippen molar-refractivity contribution in [3.8, 4) is 0 Å². The summed E-state index contributed by atoms with van der Waals surface area (Å²) in [6, 6.07) is 15.2. The number of likely N-dealkylation sites (tertiary alicyclic amines) is 2. The van der Waals surface area contributed by atoms with E-state index in [1.54, 1.807) is 4.90 Å². The molecule has 1 unspecified atom stereocenters. The van der Waals surface area contributed by atoms with E-state index < -0.39 is 6.04 Å². The van der Waals surface area contributed by atoms with Gasteiger partial charge in [-0.15, -0.1) is 0 Å². The summed E-state index contributed by atoms with van der Waals surface area (Å²) in [7, 11) is 0. The minimum atomic E-state index is -0.571. The Morgan fingerprint density at radius 1 is 0.833 bits per heavy atom. The molecule has 7 rings (SSSR count). The summed E-state index contributed by atoms with van der Waals surface area (Å²) in [4.78, 5) is 52.8. The highest BCUT2D eigenvalue weighted by atomic mass is 16.2. The molecule has 4 aliphatic rings. The van der Waals surface area contributed by atoms with Gasteiger partial charge in [-0.25, -0.2) is 9.97 Å². The monoisotopic (exact) mass is 649 g/mol. The largest absolute Gasteiger partial charge is 0.351 e. The van der Waals surface area contributed by atoms with Crippen LogP contribution in [0.1, 0.15) is 102 Å². The van der Waals surface area contributed by atoms with Crippen LogP contribution in [0, 0.1) is 0 Å². The lowest BCUT2D eigenvalue weighted by atomic mass is 9.87. The molecule has 0 saturated carbocycles. The third-order valence-electron chi connectivity index (χ3n) is 10.7. The molecule has 0 spiro atoms. The van der Waals surface area contributed by atoms with Crippen LogP contribution >= 0.6 is 0 Å². The Kier molecular flexibility index (Phi) is 9.55. The number of hydrogen-bond donors (Lipinski definition) is 2. The highest BCUT2D eigenvalue weighted by Crippen LogP contribution is 2.34. The number of aromatic nitrogens is 2. The van der Waals surface area contributed by atoms with Gasteiger partial charge in [-0.1, -0.05) is 50.2 Å². The number of imide groups is 1. The molecule has 252 valence electrons. The predicted molar refractivity (Wildman–Crippen MR) is 184 cm³/mol. The number of carbonyl (C=O) groups is 3. The minimum Gasteiger partial charge on any atom is -0.351 e. The fourth-order valence-electron chi connectivity index (χ4n) is 7.67. The number of amides is 3. The molecule has 1 atom stereocenters. The molecule has 0 bridgehead atoms. The summed E-state index contributed by atoms with van der Waals surface area (Å²) in [5, 5.41) is 5.91. The summed E-state index contributed by atoms with van der Waals surface area (Å²) >= 11 is 0. The zero-order chi connectivity index (χ0) is 33.2. The van der Waals surface area contributed by atoms with E-state index in [1.165, 1.54) is 22.3 Å². The van der Waals surface area contributed by atoms with Crippen LogP contribution in [-0.4, -0.2) is 80.7 Å². The molecule has 10 nitrogen and oxygen atoms in total. The van der Waals surface area contributed by atoms with E-state index >= 15 is 0 Å². The first-order valence-corrected chi connectivity index (χ1v) is 17.7. The number of rotatable bonds is 9. The lowest BCUT2D eigenvalue weighted by Crippen LogP contribution is -2.52. The summed E-state index contributed by atoms with van der Waals surface area (Å²) < 4.78 is 0. The van der Waals surface area contributed by atoms with Gasteiger partial charge in [-0.05, 0) is 90.9 Å². The van der Waals surface area contributed by atoms with Crippen molar-refractivity contribution in [2.75, 3.05) is 31.5 Å². The van der Waals surface area contributed by atoms with Crippen molar-refractivity contribution in [1.82, 2.24) is 30.0 Å². The van der Waals surface area contributed by atoms with E-state index in [4.69, 9.17) is 0 Å². The van der Waals surface area contributed by atoms with Crippen LogP contribution in [0.4, 0.5) is 5.95 Å². The van der Waals surface area contributed by atoms with Crippen LogP contribution in [-0.2, 0) is 29.2 Å². The molecule has 2 aromatic carbocycles. The van der Waals surface area contributed by atoms with Crippen molar-refractivity contribution in [2.45, 2.75) is 95.9 Å². The summed E-state index contributed by atoms with van der Waals surface area (Å²) in [5.74, 6) is 0.907. The number of carbonyl (C=O) groups excluding carboxylic acids is 3. The molecule has 0 radical (unpaired) electrons. The molecule has 3 saturated heterocycles. The lowest BCUT2D eigenvalue weighted by molar-refractivity contribution is -0.136. The molecule has 5 heterocycles. The Morgan fingerprint density at radius 3 is 2.06 bits per heavy atom. The van der Waals surface area contributed by atoms with Gasteiger partial charge >= 0.3 is 0 Å². The number of benzene rings is 2. The Labute approximate surface area is 283 Å². The van der Waals surface area contributed by atoms with Crippen LogP contribution in [0.5, 0.6) is 0 Å². The van der Waals surface area contributed by atoms with E-state index in [9.17, 15) is 14.4 Å². The summed E-state index contributed by atoms with van der Waals surface area (Å²) in [5.41, 5.74) is 6.85. The average molecular weight is 650 g/mol. The smallest absolute Gasteiger partial charge is 0.255 e. The highest BCUT2D eigenvalue weighted by Gasteiger charge is 2.39. The number of hydrogen-bond acceptors (Lipinski definition) is 8. The number of piperidine rings is 3. The van der Waals surface area contributed by atoms with Crippen molar-refractivity contribution in [2.24, 2.45) is 0 Å². The number of nitrogens with zero attached hydrogens (tertiary/aromatic N) is 5. The number of anilines is 1. The van der Waals surface area contributed by atoms with Crippen LogP contribution in [0.15, 0.2) is 54.9 Å². The van der Waals surface area contributed by atoms with E-state index in [-0.39, 0.29) is 24.1 Å². The Morgan fingerprint density at radius 2 is 1.46 bits per heavy atom. The van der Waals surface area contributed by atoms with Crippen molar-refractivity contribution < 1.29 is 14.4 Å². The number of nitrogens with one attached hydrogen (secondary N) is 2. The van der Waals surface area contributed by atoms with Crippen molar-refractivity contribution in [3.63, 3.8) is 0 Å². The maximum atomic E-state index is 13.1. The molecular formula is C38H47N7O3. The maximum Gasteiger partial charge on any atom is 0.255 e. The van der Waals surface area contributed by atoms with Crippen molar-refractivity contribution >= 4 is 23.7 Å². The van der Waals surface area contributed by atoms with Gasteiger partial charge in [0.15, 0.2) is 0 Å². The lowest BCUT2D eigenvalue weighted by Gasteiger charge is -2.33. The van der Waals surface area contributed by atoms with Gasteiger partial charge in [0.25, 0.3) is 5.91 Å². The van der Waals surface area contributed by atoms with Gasteiger partial charge in [-0.2, -0.15) is 0 Å². The van der Waals surface area contributed by atoms with Gasteiger partial charge in [-0.3, -0.25) is 29.5 Å². The quantitative estimate of drug-likeness (QED) is 0.318. The third-order valence-corrected chi connectivity index (χ3v) is 10.7. The molecule has 1 aromatic heterocycles. The van der Waals surface area contributed by atoms with E-state index in [0.29, 0.717) is 36.4 Å². The van der Waals surface area contributed by atoms with Crippen LogP contribution in [0.3, 0.4) is 0 Å². The van der Waals surface area contributed by atoms with Crippen molar-refractivity contribution in [1.29, 1.82) is 0 Å². The zero-order valence-electron chi connectivity index (χ0n) is 28.2. The Balaban J connectivity index is 0.847. The predicted octanol–water partition coefficient (Wildman–Crippen LogP) is 4.82. The fourth-order valence-corrected chi connectivity index (χ4v) is 7.67. The molecule has 3 aromatic rings. The van der Waals surface area contributed by atoms with Gasteiger partial charge in [0.2, 0.25) is 17.8 Å². The molecule has 0 aliphatic carbocycles. The van der Waals surface area contributed by atoms with E-state index in [2.05, 4.69) is 80.6 Å².